The number of hydrogen-bond donors (Lipinski definition) is 2. The molecule has 1 fully saturated rings. The van der Waals surface area contributed by atoms with E-state index in [2.05, 4.69) is 69.5 Å². The molecular weight excluding hydrogens is 390 g/mol. The molecule has 4 aromatic rings. The summed E-state index contributed by atoms with van der Waals surface area (Å²) in [5, 5.41) is 2.77. The Balaban J connectivity index is 1.12. The molecule has 1 saturated heterocycles. The van der Waals surface area contributed by atoms with Gasteiger partial charge in [-0.3, -0.25) is 0 Å². The second-order valence-electron chi connectivity index (χ2n) is 9.58. The molecule has 0 amide bonds. The summed E-state index contributed by atoms with van der Waals surface area (Å²) in [5.74, 6) is 0. The van der Waals surface area contributed by atoms with E-state index in [4.69, 9.17) is 0 Å². The number of unbranched alkanes of at least 4 members (excludes halogenated alkanes) is 3. The van der Waals surface area contributed by atoms with Crippen LogP contribution in [-0.2, 0) is 19.3 Å². The van der Waals surface area contributed by atoms with Gasteiger partial charge in [0.1, 0.15) is 0 Å². The highest BCUT2D eigenvalue weighted by molar-refractivity contribution is 5.84. The molecule has 3 heterocycles. The van der Waals surface area contributed by atoms with E-state index >= 15 is 0 Å². The molecule has 0 radical (unpaired) electrons. The summed E-state index contributed by atoms with van der Waals surface area (Å²) in [7, 11) is 0. The number of nitrogens with one attached hydrogen (secondary N) is 2. The molecule has 0 spiro atoms. The fourth-order valence-corrected chi connectivity index (χ4v) is 5.45. The number of aromatic amines is 2. The van der Waals surface area contributed by atoms with E-state index in [1.165, 1.54) is 111 Å². The molecule has 1 aliphatic rings. The van der Waals surface area contributed by atoms with Gasteiger partial charge in [0.05, 0.1) is 0 Å². The number of benzene rings is 2. The van der Waals surface area contributed by atoms with Crippen LogP contribution in [0.5, 0.6) is 0 Å². The lowest BCUT2D eigenvalue weighted by atomic mass is 10.0. The van der Waals surface area contributed by atoms with E-state index in [-0.39, 0.29) is 0 Å². The van der Waals surface area contributed by atoms with Gasteiger partial charge >= 0.3 is 0 Å². The lowest BCUT2D eigenvalue weighted by Gasteiger charge is -2.26. The lowest BCUT2D eigenvalue weighted by Crippen LogP contribution is -2.31. The maximum atomic E-state index is 3.76. The fraction of sp³-hybridized carbons (Fsp3) is 0.448. The number of H-pyrrole nitrogens is 2. The van der Waals surface area contributed by atoms with Gasteiger partial charge in [0.25, 0.3) is 0 Å². The molecule has 3 nitrogen and oxygen atoms in total. The minimum absolute atomic E-state index is 1.15. The summed E-state index contributed by atoms with van der Waals surface area (Å²) in [6, 6.07) is 19.8. The summed E-state index contributed by atoms with van der Waals surface area (Å²) in [6.07, 6.45) is 12.8. The van der Waals surface area contributed by atoms with Crippen LogP contribution in [0.25, 0.3) is 21.8 Å². The molecule has 5 rings (SSSR count). The third-order valence-electron chi connectivity index (χ3n) is 7.24. The minimum atomic E-state index is 1.15. The second kappa shape index (κ2) is 10.4. The molecule has 2 N–H and O–H groups in total. The highest BCUT2D eigenvalue weighted by Gasteiger charge is 2.14. The average Bonchev–Trinajstić information content (AvgIpc) is 3.41. The van der Waals surface area contributed by atoms with Gasteiger partial charge in [-0.2, -0.15) is 0 Å². The van der Waals surface area contributed by atoms with Crippen molar-refractivity contribution >= 4 is 21.8 Å². The van der Waals surface area contributed by atoms with Gasteiger partial charge in [-0.15, -0.1) is 0 Å². The smallest absolute Gasteiger partial charge is 0.0458 e. The number of likely N-dealkylation sites (tertiary alicyclic amines) is 1. The van der Waals surface area contributed by atoms with Gasteiger partial charge in [-0.25, -0.2) is 0 Å². The predicted molar refractivity (Wildman–Crippen MR) is 136 cm³/mol. The minimum Gasteiger partial charge on any atom is -0.358 e. The lowest BCUT2D eigenvalue weighted by molar-refractivity contribution is 0.231. The largest absolute Gasteiger partial charge is 0.358 e. The number of fused-ring (bicyclic) bond motifs is 2. The molecular formula is C29H37N3. The van der Waals surface area contributed by atoms with Gasteiger partial charge in [0.2, 0.25) is 0 Å². The third kappa shape index (κ3) is 5.10. The van der Waals surface area contributed by atoms with Crippen LogP contribution in [0.2, 0.25) is 0 Å². The van der Waals surface area contributed by atoms with Crippen LogP contribution in [0.15, 0.2) is 54.6 Å². The summed E-state index contributed by atoms with van der Waals surface area (Å²) in [4.78, 5) is 9.99. The van der Waals surface area contributed by atoms with Crippen LogP contribution in [0.1, 0.15) is 61.9 Å². The van der Waals surface area contributed by atoms with E-state index in [1.54, 1.807) is 5.56 Å². The summed E-state index contributed by atoms with van der Waals surface area (Å²) >= 11 is 0. The molecule has 32 heavy (non-hydrogen) atoms. The van der Waals surface area contributed by atoms with Gasteiger partial charge in [0, 0.05) is 34.4 Å². The van der Waals surface area contributed by atoms with Crippen LogP contribution in [0.4, 0.5) is 0 Å². The first-order chi connectivity index (χ1) is 15.9. The molecule has 168 valence electrons. The first kappa shape index (κ1) is 21.3. The van der Waals surface area contributed by atoms with Crippen molar-refractivity contribution in [3.05, 3.63) is 71.5 Å². The van der Waals surface area contributed by atoms with Gasteiger partial charge < -0.3 is 14.9 Å². The Hall–Kier alpha value is -2.52. The average molecular weight is 428 g/mol. The SMILES string of the molecule is c1ccc2[nH]c(CCCCCCc3[nH]c4ccccc4c3CCN3CCCCC3)cc2c1. The summed E-state index contributed by atoms with van der Waals surface area (Å²) in [6.45, 7) is 3.78. The number of rotatable bonds is 10. The van der Waals surface area contributed by atoms with Crippen LogP contribution >= 0.6 is 0 Å². The Bertz CT molecular complexity index is 1100. The number of piperidine rings is 1. The molecule has 2 aromatic heterocycles. The van der Waals surface area contributed by atoms with Crippen LogP contribution < -0.4 is 0 Å². The summed E-state index contributed by atoms with van der Waals surface area (Å²) < 4.78 is 0. The normalized spacial score (nSPS) is 15.1. The number of nitrogens with zero attached hydrogens (tertiary/aromatic N) is 1. The maximum Gasteiger partial charge on any atom is 0.0458 e. The molecule has 0 saturated carbocycles. The Labute approximate surface area is 192 Å². The van der Waals surface area contributed by atoms with Crippen molar-refractivity contribution < 1.29 is 0 Å². The van der Waals surface area contributed by atoms with Gasteiger partial charge in [0.15, 0.2) is 0 Å². The van der Waals surface area contributed by atoms with E-state index in [0.717, 1.165) is 6.42 Å². The molecule has 1 aliphatic heterocycles. The Morgan fingerprint density at radius 3 is 2.28 bits per heavy atom. The molecule has 3 heteroatoms. The summed E-state index contributed by atoms with van der Waals surface area (Å²) in [5.41, 5.74) is 7.01. The quantitative estimate of drug-likeness (QED) is 0.262. The highest BCUT2D eigenvalue weighted by Crippen LogP contribution is 2.25. The first-order valence-corrected chi connectivity index (χ1v) is 12.7. The van der Waals surface area contributed by atoms with Crippen molar-refractivity contribution in [2.75, 3.05) is 19.6 Å². The zero-order chi connectivity index (χ0) is 21.6. The number of para-hydroxylation sites is 2. The van der Waals surface area contributed by atoms with E-state index < -0.39 is 0 Å². The molecule has 0 bridgehead atoms. The molecule has 0 atom stereocenters. The van der Waals surface area contributed by atoms with Crippen molar-refractivity contribution in [2.24, 2.45) is 0 Å². The predicted octanol–water partition coefficient (Wildman–Crippen LogP) is 7.02. The first-order valence-electron chi connectivity index (χ1n) is 12.7. The van der Waals surface area contributed by atoms with Gasteiger partial charge in [-0.1, -0.05) is 55.7 Å². The van der Waals surface area contributed by atoms with Crippen molar-refractivity contribution in [3.8, 4) is 0 Å². The zero-order valence-corrected chi connectivity index (χ0v) is 19.3. The maximum absolute atomic E-state index is 3.76. The Morgan fingerprint density at radius 1 is 0.688 bits per heavy atom. The number of hydrogen-bond acceptors (Lipinski definition) is 1. The van der Waals surface area contributed by atoms with Crippen LogP contribution in [-0.4, -0.2) is 34.5 Å². The third-order valence-corrected chi connectivity index (χ3v) is 7.24. The van der Waals surface area contributed by atoms with E-state index in [9.17, 15) is 0 Å². The van der Waals surface area contributed by atoms with Crippen molar-refractivity contribution in [3.63, 3.8) is 0 Å². The number of aromatic nitrogens is 2. The molecule has 2 aromatic carbocycles. The Kier molecular flexibility index (Phi) is 6.93. The van der Waals surface area contributed by atoms with Crippen molar-refractivity contribution in [1.29, 1.82) is 0 Å². The number of aryl methyl sites for hydroxylation is 2. The van der Waals surface area contributed by atoms with Crippen LogP contribution in [0.3, 0.4) is 0 Å². The topological polar surface area (TPSA) is 34.8 Å². The zero-order valence-electron chi connectivity index (χ0n) is 19.3. The highest BCUT2D eigenvalue weighted by atomic mass is 15.1. The molecule has 0 unspecified atom stereocenters. The second-order valence-corrected chi connectivity index (χ2v) is 9.58. The monoisotopic (exact) mass is 427 g/mol. The standard InChI is InChI=1S/C29H37N3/c1(4-13-24-22-23-12-6-8-15-27(23)30-24)2-5-16-29-26(18-21-32-19-10-3-11-20-32)25-14-7-9-17-28(25)31-29/h6-9,12,14-15,17,22,30-31H,1-5,10-11,13,16,18-21H2. The van der Waals surface area contributed by atoms with Crippen molar-refractivity contribution in [1.82, 2.24) is 14.9 Å². The van der Waals surface area contributed by atoms with E-state index in [1.807, 2.05) is 0 Å². The van der Waals surface area contributed by atoms with Crippen molar-refractivity contribution in [2.45, 2.75) is 64.2 Å². The molecule has 0 aliphatic carbocycles. The van der Waals surface area contributed by atoms with E-state index in [0.29, 0.717) is 0 Å². The van der Waals surface area contributed by atoms with Crippen LogP contribution in [0, 0.1) is 0 Å². The Morgan fingerprint density at radius 2 is 1.44 bits per heavy atom. The fourth-order valence-electron chi connectivity index (χ4n) is 5.45. The van der Waals surface area contributed by atoms with Gasteiger partial charge in [-0.05, 0) is 87.2 Å².